The number of carbonyl (C=O) groups excluding carboxylic acids is 1. The van der Waals surface area contributed by atoms with E-state index in [1.54, 1.807) is 0 Å². The van der Waals surface area contributed by atoms with E-state index >= 15 is 0 Å². The van der Waals surface area contributed by atoms with E-state index in [-0.39, 0.29) is 12.1 Å². The van der Waals surface area contributed by atoms with Gasteiger partial charge in [0.05, 0.1) is 13.2 Å². The minimum absolute atomic E-state index is 0.141. The second-order valence-corrected chi connectivity index (χ2v) is 6.35. The van der Waals surface area contributed by atoms with Gasteiger partial charge in [0.2, 0.25) is 0 Å². The molecule has 1 fully saturated rings. The fourth-order valence-electron chi connectivity index (χ4n) is 2.81. The predicted octanol–water partition coefficient (Wildman–Crippen LogP) is 5.18. The molecular weight excluding hydrogens is 276 g/mol. The van der Waals surface area contributed by atoms with Crippen molar-refractivity contribution >= 4 is 5.97 Å². The molecule has 0 bridgehead atoms. The summed E-state index contributed by atoms with van der Waals surface area (Å²) in [7, 11) is 1.39. The van der Waals surface area contributed by atoms with Gasteiger partial charge in [0.25, 0.3) is 0 Å². The number of unbranched alkanes of at least 4 members (excludes halogenated alkanes) is 10. The van der Waals surface area contributed by atoms with Crippen molar-refractivity contribution in [2.75, 3.05) is 7.11 Å². The van der Waals surface area contributed by atoms with Gasteiger partial charge >= 0.3 is 5.97 Å². The van der Waals surface area contributed by atoms with E-state index in [1.807, 2.05) is 6.08 Å². The zero-order valence-corrected chi connectivity index (χ0v) is 14.5. The third-order valence-corrected chi connectivity index (χ3v) is 4.34. The number of hydrogen-bond acceptors (Lipinski definition) is 3. The number of rotatable bonds is 14. The first kappa shape index (κ1) is 19.2. The molecule has 22 heavy (non-hydrogen) atoms. The summed E-state index contributed by atoms with van der Waals surface area (Å²) in [6, 6.07) is 0. The molecule has 1 rings (SSSR count). The van der Waals surface area contributed by atoms with Gasteiger partial charge in [-0.3, -0.25) is 0 Å². The summed E-state index contributed by atoms with van der Waals surface area (Å²) < 4.78 is 10.1. The first-order chi connectivity index (χ1) is 10.8. The van der Waals surface area contributed by atoms with Gasteiger partial charge in [0, 0.05) is 6.08 Å². The standard InChI is InChI=1S/C19H34O3/c1-3-4-5-6-7-8-9-10-11-12-13-14-17-18(22-17)15-16-19(20)21-2/h15-18H,3-14H2,1-2H3/b16-15+/t17-,18-/m0/s1. The van der Waals surface area contributed by atoms with Gasteiger partial charge in [-0.15, -0.1) is 0 Å². The Balaban J connectivity index is 1.79. The molecule has 0 aromatic heterocycles. The van der Waals surface area contributed by atoms with E-state index in [0.717, 1.165) is 6.42 Å². The van der Waals surface area contributed by atoms with Crippen LogP contribution in [0.3, 0.4) is 0 Å². The molecule has 0 unspecified atom stereocenters. The van der Waals surface area contributed by atoms with Crippen LogP contribution in [-0.2, 0) is 14.3 Å². The Kier molecular flexibility index (Phi) is 11.1. The van der Waals surface area contributed by atoms with E-state index in [4.69, 9.17) is 4.74 Å². The van der Waals surface area contributed by atoms with Crippen molar-refractivity contribution in [3.63, 3.8) is 0 Å². The molecule has 2 atom stereocenters. The highest BCUT2D eigenvalue weighted by Crippen LogP contribution is 2.28. The lowest BCUT2D eigenvalue weighted by Gasteiger charge is -2.02. The van der Waals surface area contributed by atoms with Crippen LogP contribution in [-0.4, -0.2) is 25.3 Å². The van der Waals surface area contributed by atoms with Gasteiger partial charge in [-0.1, -0.05) is 77.6 Å². The Labute approximate surface area is 136 Å². The minimum atomic E-state index is -0.302. The molecule has 0 N–H and O–H groups in total. The van der Waals surface area contributed by atoms with Crippen LogP contribution < -0.4 is 0 Å². The van der Waals surface area contributed by atoms with Crippen LogP contribution in [0.15, 0.2) is 12.2 Å². The summed E-state index contributed by atoms with van der Waals surface area (Å²) in [5, 5.41) is 0. The lowest BCUT2D eigenvalue weighted by molar-refractivity contribution is -0.134. The summed E-state index contributed by atoms with van der Waals surface area (Å²) in [4.78, 5) is 10.9. The first-order valence-corrected chi connectivity index (χ1v) is 9.19. The van der Waals surface area contributed by atoms with E-state index in [1.165, 1.54) is 83.8 Å². The molecule has 128 valence electrons. The van der Waals surface area contributed by atoms with Gasteiger partial charge in [0.1, 0.15) is 6.10 Å². The first-order valence-electron chi connectivity index (χ1n) is 9.19. The molecule has 1 heterocycles. The van der Waals surface area contributed by atoms with E-state index < -0.39 is 0 Å². The maximum atomic E-state index is 10.9. The van der Waals surface area contributed by atoms with Crippen molar-refractivity contribution in [2.24, 2.45) is 0 Å². The fourth-order valence-corrected chi connectivity index (χ4v) is 2.81. The van der Waals surface area contributed by atoms with Gasteiger partial charge in [-0.05, 0) is 12.5 Å². The average molecular weight is 310 g/mol. The van der Waals surface area contributed by atoms with Gasteiger partial charge in [0.15, 0.2) is 0 Å². The number of carbonyl (C=O) groups is 1. The molecule has 1 aliphatic heterocycles. The highest BCUT2D eigenvalue weighted by atomic mass is 16.6. The smallest absolute Gasteiger partial charge is 0.330 e. The van der Waals surface area contributed by atoms with Crippen LogP contribution in [0.1, 0.15) is 84.0 Å². The molecule has 3 nitrogen and oxygen atoms in total. The molecule has 1 saturated heterocycles. The van der Waals surface area contributed by atoms with Gasteiger partial charge in [-0.2, -0.15) is 0 Å². The molecule has 1 aliphatic rings. The van der Waals surface area contributed by atoms with E-state index in [2.05, 4.69) is 11.7 Å². The minimum Gasteiger partial charge on any atom is -0.466 e. The Morgan fingerprint density at radius 2 is 1.50 bits per heavy atom. The van der Waals surface area contributed by atoms with Gasteiger partial charge < -0.3 is 9.47 Å². The molecule has 0 amide bonds. The summed E-state index contributed by atoms with van der Waals surface area (Å²) in [5.74, 6) is -0.302. The number of esters is 1. The van der Waals surface area contributed by atoms with Crippen molar-refractivity contribution in [3.8, 4) is 0 Å². The Morgan fingerprint density at radius 1 is 0.955 bits per heavy atom. The van der Waals surface area contributed by atoms with E-state index in [9.17, 15) is 4.79 Å². The normalized spacial score (nSPS) is 20.5. The maximum absolute atomic E-state index is 10.9. The number of hydrogen-bond donors (Lipinski definition) is 0. The molecule has 0 spiro atoms. The maximum Gasteiger partial charge on any atom is 0.330 e. The number of epoxide rings is 1. The third-order valence-electron chi connectivity index (χ3n) is 4.34. The zero-order valence-electron chi connectivity index (χ0n) is 14.5. The molecule has 0 aliphatic carbocycles. The topological polar surface area (TPSA) is 38.8 Å². The van der Waals surface area contributed by atoms with Crippen LogP contribution in [0.2, 0.25) is 0 Å². The summed E-state index contributed by atoms with van der Waals surface area (Å²) >= 11 is 0. The molecule has 0 aromatic rings. The molecular formula is C19H34O3. The van der Waals surface area contributed by atoms with Crippen molar-refractivity contribution in [1.29, 1.82) is 0 Å². The summed E-state index contributed by atoms with van der Waals surface area (Å²) in [5.41, 5.74) is 0. The van der Waals surface area contributed by atoms with Crippen LogP contribution in [0.5, 0.6) is 0 Å². The highest BCUT2D eigenvalue weighted by molar-refractivity contribution is 5.81. The molecule has 3 heteroatoms. The van der Waals surface area contributed by atoms with Gasteiger partial charge in [-0.25, -0.2) is 4.79 Å². The summed E-state index contributed by atoms with van der Waals surface area (Å²) in [6.07, 6.45) is 20.0. The van der Waals surface area contributed by atoms with Crippen LogP contribution in [0, 0.1) is 0 Å². The third kappa shape index (κ3) is 9.99. The number of methoxy groups -OCH3 is 1. The summed E-state index contributed by atoms with van der Waals surface area (Å²) in [6.45, 7) is 2.27. The average Bonchev–Trinajstić information content (AvgIpc) is 3.28. The quantitative estimate of drug-likeness (QED) is 0.192. The SMILES string of the molecule is CCCCCCCCCCCCC[C@@H]1O[C@H]1/C=C/C(=O)OC. The van der Waals surface area contributed by atoms with Crippen molar-refractivity contribution in [3.05, 3.63) is 12.2 Å². The Bertz CT molecular complexity index is 312. The van der Waals surface area contributed by atoms with Crippen molar-refractivity contribution in [2.45, 2.75) is 96.2 Å². The fraction of sp³-hybridized carbons (Fsp3) is 0.842. The second kappa shape index (κ2) is 12.7. The second-order valence-electron chi connectivity index (χ2n) is 6.35. The molecule has 0 saturated carbocycles. The van der Waals surface area contributed by atoms with Crippen LogP contribution >= 0.6 is 0 Å². The van der Waals surface area contributed by atoms with Crippen LogP contribution in [0.25, 0.3) is 0 Å². The Morgan fingerprint density at radius 3 is 2.05 bits per heavy atom. The largest absolute Gasteiger partial charge is 0.466 e. The monoisotopic (exact) mass is 310 g/mol. The highest BCUT2D eigenvalue weighted by Gasteiger charge is 2.35. The van der Waals surface area contributed by atoms with Crippen molar-refractivity contribution < 1.29 is 14.3 Å². The van der Waals surface area contributed by atoms with Crippen molar-refractivity contribution in [1.82, 2.24) is 0 Å². The molecule has 0 aromatic carbocycles. The zero-order chi connectivity index (χ0) is 16.0. The Hall–Kier alpha value is -0.830. The van der Waals surface area contributed by atoms with Crippen LogP contribution in [0.4, 0.5) is 0 Å². The molecule has 0 radical (unpaired) electrons. The lowest BCUT2D eigenvalue weighted by atomic mass is 10.0. The number of ether oxygens (including phenoxy) is 2. The predicted molar refractivity (Wildman–Crippen MR) is 90.9 cm³/mol. The van der Waals surface area contributed by atoms with E-state index in [0.29, 0.717) is 6.10 Å². The lowest BCUT2D eigenvalue weighted by Crippen LogP contribution is -1.96.